The van der Waals surface area contributed by atoms with Crippen LogP contribution in [0.15, 0.2) is 24.3 Å². The number of benzene rings is 1. The van der Waals surface area contributed by atoms with E-state index in [1.807, 2.05) is 31.2 Å². The Morgan fingerprint density at radius 2 is 1.83 bits per heavy atom. The number of urea groups is 1. The van der Waals surface area contributed by atoms with E-state index in [2.05, 4.69) is 34.0 Å². The van der Waals surface area contributed by atoms with Crippen molar-refractivity contribution in [2.24, 2.45) is 0 Å². The number of rotatable bonds is 12. The lowest BCUT2D eigenvalue weighted by atomic mass is 10.2. The van der Waals surface area contributed by atoms with Crippen LogP contribution in [0.25, 0.3) is 0 Å². The molecule has 0 atom stereocenters. The van der Waals surface area contributed by atoms with E-state index in [0.717, 1.165) is 54.9 Å². The first-order chi connectivity index (χ1) is 14.4. The summed E-state index contributed by atoms with van der Waals surface area (Å²) in [6.07, 6.45) is 4.15. The number of aryl methyl sites for hydroxylation is 1. The average molecular weight is 435 g/mol. The summed E-state index contributed by atoms with van der Waals surface area (Å²) in [7, 11) is 4.10. The minimum absolute atomic E-state index is 0.00395. The molecule has 0 radical (unpaired) electrons. The fourth-order valence-corrected chi connectivity index (χ4v) is 3.46. The molecule has 0 aliphatic rings. The van der Waals surface area contributed by atoms with E-state index in [9.17, 15) is 14.7 Å². The molecule has 0 aliphatic carbocycles. The lowest BCUT2D eigenvalue weighted by molar-refractivity contribution is 0.0693. The van der Waals surface area contributed by atoms with Gasteiger partial charge >= 0.3 is 12.0 Å². The highest BCUT2D eigenvalue weighted by Crippen LogP contribution is 2.31. The summed E-state index contributed by atoms with van der Waals surface area (Å²) in [5.41, 5.74) is 1.90. The van der Waals surface area contributed by atoms with Gasteiger partial charge in [-0.3, -0.25) is 5.32 Å². The van der Waals surface area contributed by atoms with Gasteiger partial charge in [0.2, 0.25) is 5.88 Å². The van der Waals surface area contributed by atoms with Gasteiger partial charge in [-0.1, -0.05) is 42.7 Å². The second-order valence-corrected chi connectivity index (χ2v) is 8.14. The summed E-state index contributed by atoms with van der Waals surface area (Å²) in [6.45, 7) is 3.78. The molecule has 0 aliphatic heterocycles. The van der Waals surface area contributed by atoms with Gasteiger partial charge in [-0.15, -0.1) is 0 Å². The zero-order valence-corrected chi connectivity index (χ0v) is 18.6. The number of carbonyl (C=O) groups is 2. The highest BCUT2D eigenvalue weighted by molar-refractivity contribution is 7.11. The third-order valence-corrected chi connectivity index (χ3v) is 5.16. The number of carboxylic acid groups (broad SMARTS) is 1. The average Bonchev–Trinajstić information content (AvgIpc) is 3.09. The SMILES string of the molecule is Cc1ccc(COc2nsc(NC(=O)NCCCCCCN(C)C)c2C(=O)O)cc1. The largest absolute Gasteiger partial charge is 0.477 e. The number of amides is 2. The van der Waals surface area contributed by atoms with Crippen LogP contribution in [-0.4, -0.2) is 53.6 Å². The Morgan fingerprint density at radius 3 is 2.50 bits per heavy atom. The van der Waals surface area contributed by atoms with Gasteiger partial charge in [0.05, 0.1) is 0 Å². The quantitative estimate of drug-likeness (QED) is 0.437. The van der Waals surface area contributed by atoms with Crippen LogP contribution in [0.1, 0.15) is 47.2 Å². The van der Waals surface area contributed by atoms with E-state index in [1.54, 1.807) is 0 Å². The summed E-state index contributed by atoms with van der Waals surface area (Å²) in [5.74, 6) is -1.19. The third kappa shape index (κ3) is 8.00. The minimum atomic E-state index is -1.20. The Morgan fingerprint density at radius 1 is 1.13 bits per heavy atom. The Labute approximate surface area is 181 Å². The normalized spacial score (nSPS) is 10.8. The van der Waals surface area contributed by atoms with Gasteiger partial charge in [-0.2, -0.15) is 4.37 Å². The van der Waals surface area contributed by atoms with Gasteiger partial charge in [0.25, 0.3) is 0 Å². The predicted octanol–water partition coefficient (Wildman–Crippen LogP) is 3.97. The molecule has 0 unspecified atom stereocenters. The molecule has 1 aromatic heterocycles. The molecule has 8 nitrogen and oxygen atoms in total. The Hall–Kier alpha value is -2.65. The van der Waals surface area contributed by atoms with E-state index in [-0.39, 0.29) is 23.1 Å². The van der Waals surface area contributed by atoms with E-state index in [1.165, 1.54) is 0 Å². The smallest absolute Gasteiger partial charge is 0.344 e. The predicted molar refractivity (Wildman–Crippen MR) is 119 cm³/mol. The number of nitrogens with zero attached hydrogens (tertiary/aromatic N) is 2. The van der Waals surface area contributed by atoms with Crippen LogP contribution in [-0.2, 0) is 6.61 Å². The monoisotopic (exact) mass is 434 g/mol. The summed E-state index contributed by atoms with van der Waals surface area (Å²) in [4.78, 5) is 25.9. The van der Waals surface area contributed by atoms with Crippen LogP contribution in [0.3, 0.4) is 0 Å². The van der Waals surface area contributed by atoms with Crippen molar-refractivity contribution in [2.45, 2.75) is 39.2 Å². The number of nitrogens with one attached hydrogen (secondary N) is 2. The molecule has 0 saturated carbocycles. The second kappa shape index (κ2) is 12.1. The summed E-state index contributed by atoms with van der Waals surface area (Å²) in [5, 5.41) is 15.0. The fourth-order valence-electron chi connectivity index (χ4n) is 2.74. The van der Waals surface area contributed by atoms with Crippen molar-refractivity contribution < 1.29 is 19.4 Å². The number of aromatic nitrogens is 1. The van der Waals surface area contributed by atoms with Crippen molar-refractivity contribution in [3.8, 4) is 5.88 Å². The highest BCUT2D eigenvalue weighted by Gasteiger charge is 2.23. The van der Waals surface area contributed by atoms with Crippen LogP contribution >= 0.6 is 11.5 Å². The highest BCUT2D eigenvalue weighted by atomic mass is 32.1. The molecule has 2 amide bonds. The molecule has 1 aromatic carbocycles. The van der Waals surface area contributed by atoms with Crippen LogP contribution in [0.5, 0.6) is 5.88 Å². The molecular formula is C21H30N4O4S. The first kappa shape index (κ1) is 23.6. The van der Waals surface area contributed by atoms with Gasteiger partial charge in [-0.05, 0) is 57.5 Å². The maximum absolute atomic E-state index is 12.1. The van der Waals surface area contributed by atoms with Gasteiger partial charge in [0.15, 0.2) is 5.56 Å². The first-order valence-corrected chi connectivity index (χ1v) is 10.7. The minimum Gasteiger partial charge on any atom is -0.477 e. The topological polar surface area (TPSA) is 104 Å². The van der Waals surface area contributed by atoms with Crippen molar-refractivity contribution in [1.82, 2.24) is 14.6 Å². The Balaban J connectivity index is 1.81. The summed E-state index contributed by atoms with van der Waals surface area (Å²) < 4.78 is 9.64. The van der Waals surface area contributed by atoms with Gasteiger partial charge < -0.3 is 20.1 Å². The zero-order chi connectivity index (χ0) is 21.9. The molecule has 0 saturated heterocycles. The van der Waals surface area contributed by atoms with Gasteiger partial charge in [0.1, 0.15) is 11.6 Å². The molecule has 164 valence electrons. The maximum atomic E-state index is 12.1. The van der Waals surface area contributed by atoms with Crippen LogP contribution in [0, 0.1) is 6.92 Å². The lowest BCUT2D eigenvalue weighted by Gasteiger charge is -2.09. The molecule has 3 N–H and O–H groups in total. The van der Waals surface area contributed by atoms with E-state index in [0.29, 0.717) is 6.54 Å². The van der Waals surface area contributed by atoms with Crippen LogP contribution in [0.4, 0.5) is 9.80 Å². The number of hydrogen-bond acceptors (Lipinski definition) is 6. The van der Waals surface area contributed by atoms with Crippen LogP contribution < -0.4 is 15.4 Å². The Kier molecular flexibility index (Phi) is 9.56. The number of unbranched alkanes of at least 4 members (excludes halogenated alkanes) is 3. The van der Waals surface area contributed by atoms with E-state index in [4.69, 9.17) is 4.74 Å². The zero-order valence-electron chi connectivity index (χ0n) is 17.7. The lowest BCUT2D eigenvalue weighted by Crippen LogP contribution is -2.29. The number of aromatic carboxylic acids is 1. The number of hydrogen-bond donors (Lipinski definition) is 3. The van der Waals surface area contributed by atoms with Crippen molar-refractivity contribution in [3.63, 3.8) is 0 Å². The maximum Gasteiger partial charge on any atom is 0.344 e. The van der Waals surface area contributed by atoms with Gasteiger partial charge in [0, 0.05) is 6.54 Å². The van der Waals surface area contributed by atoms with Gasteiger partial charge in [-0.25, -0.2) is 9.59 Å². The molecular weight excluding hydrogens is 404 g/mol. The summed E-state index contributed by atoms with van der Waals surface area (Å²) >= 11 is 0.891. The first-order valence-electron chi connectivity index (χ1n) is 9.97. The standard InChI is InChI=1S/C21H30N4O4S/c1-15-8-10-16(11-9-15)14-29-18-17(20(26)27)19(30-24-18)23-21(28)22-12-6-4-5-7-13-25(2)3/h8-11H,4-7,12-14H2,1-3H3,(H,26,27)(H2,22,23,28). The van der Waals surface area contributed by atoms with Crippen molar-refractivity contribution in [2.75, 3.05) is 32.5 Å². The van der Waals surface area contributed by atoms with E-state index >= 15 is 0 Å². The Bertz CT molecular complexity index is 821. The molecule has 2 rings (SSSR count). The number of carboxylic acids is 1. The second-order valence-electron chi connectivity index (χ2n) is 7.37. The van der Waals surface area contributed by atoms with Crippen molar-refractivity contribution in [1.29, 1.82) is 0 Å². The molecule has 0 spiro atoms. The number of carbonyl (C=O) groups excluding carboxylic acids is 1. The van der Waals surface area contributed by atoms with Crippen molar-refractivity contribution in [3.05, 3.63) is 41.0 Å². The van der Waals surface area contributed by atoms with Crippen LogP contribution in [0.2, 0.25) is 0 Å². The third-order valence-electron chi connectivity index (χ3n) is 4.42. The number of anilines is 1. The molecule has 0 bridgehead atoms. The van der Waals surface area contributed by atoms with Crippen molar-refractivity contribution >= 4 is 28.5 Å². The summed E-state index contributed by atoms with van der Waals surface area (Å²) in [6, 6.07) is 7.29. The molecule has 2 aromatic rings. The molecule has 1 heterocycles. The molecule has 9 heteroatoms. The molecule has 30 heavy (non-hydrogen) atoms. The number of ether oxygens (including phenoxy) is 1. The fraction of sp³-hybridized carbons (Fsp3) is 0.476. The van der Waals surface area contributed by atoms with E-state index < -0.39 is 12.0 Å². The molecule has 0 fully saturated rings.